The molecule has 0 unspecified atom stereocenters. The van der Waals surface area contributed by atoms with Crippen LogP contribution in [0.5, 0.6) is 23.0 Å². The molecule has 27 nitrogen and oxygen atoms in total. The van der Waals surface area contributed by atoms with Gasteiger partial charge in [0.1, 0.15) is 55.0 Å². The topological polar surface area (TPSA) is 408 Å². The first-order chi connectivity index (χ1) is 29.1. The Bertz CT molecular complexity index is 2830. The van der Waals surface area contributed by atoms with Crippen LogP contribution in [0.25, 0.3) is 10.8 Å². The molecule has 0 aliphatic rings. The first-order valence-corrected chi connectivity index (χ1v) is 23.4. The van der Waals surface area contributed by atoms with Gasteiger partial charge in [-0.25, -0.2) is 33.7 Å². The van der Waals surface area contributed by atoms with E-state index in [0.717, 1.165) is 44.6 Å². The van der Waals surface area contributed by atoms with E-state index in [1.54, 1.807) is 0 Å². The average Bonchev–Trinajstić information content (AvgIpc) is 3.20. The molecule has 0 aromatic heterocycles. The van der Waals surface area contributed by atoms with E-state index in [9.17, 15) is 58.4 Å². The van der Waals surface area contributed by atoms with Crippen LogP contribution in [-0.2, 0) is 67.3 Å². The second-order valence-corrected chi connectivity index (χ2v) is 19.1. The normalized spacial score (nSPS) is 12.0. The maximum absolute atomic E-state index is 13.0. The number of nitrogen functional groups attached to an aromatic ring is 1. The second-order valence-electron chi connectivity index (χ2n) is 11.3. The van der Waals surface area contributed by atoms with Gasteiger partial charge in [-0.3, -0.25) is 18.4 Å². The summed E-state index contributed by atoms with van der Waals surface area (Å²) in [6, 6.07) is 6.83. The summed E-state index contributed by atoms with van der Waals surface area (Å²) in [6.07, 6.45) is 0. The number of aromatic hydroxyl groups is 1. The van der Waals surface area contributed by atoms with Crippen molar-refractivity contribution >= 4 is 104 Å². The maximum atomic E-state index is 13.0. The van der Waals surface area contributed by atoms with Gasteiger partial charge >= 0.3 is 118 Å². The quantitative estimate of drug-likeness (QED) is 0.00801. The van der Waals surface area contributed by atoms with Crippen molar-refractivity contribution in [1.82, 2.24) is 0 Å². The predicted molar refractivity (Wildman–Crippen MR) is 202 cm³/mol. The molecule has 0 heterocycles. The monoisotopic (exact) mass is 1080 g/mol. The molecule has 0 spiro atoms. The van der Waals surface area contributed by atoms with Crippen LogP contribution < -0.4 is 149 Å². The first kappa shape index (κ1) is 65.4. The van der Waals surface area contributed by atoms with Crippen LogP contribution >= 0.6 is 24.4 Å². The summed E-state index contributed by atoms with van der Waals surface area (Å²) in [5.74, 6) is -3.39. The van der Waals surface area contributed by atoms with Gasteiger partial charge in [0, 0.05) is 17.5 Å². The molecule has 0 amide bonds. The smallest absolute Gasteiger partial charge is 0.744 e. The second kappa shape index (κ2) is 29.1. The summed E-state index contributed by atoms with van der Waals surface area (Å²) in [5, 5.41) is 53.3. The number of fused-ring (bicyclic) bond motifs is 1. The minimum absolute atomic E-state index is 0. The number of phenols is 1. The molecule has 4 aromatic rings. The number of sulfone groups is 2. The minimum atomic E-state index is -5.48. The zero-order valence-electron chi connectivity index (χ0n) is 35.2. The summed E-state index contributed by atoms with van der Waals surface area (Å²) < 4.78 is 155. The number of hydrogen-bond donors (Lipinski definition) is 2. The van der Waals surface area contributed by atoms with E-state index in [0.29, 0.717) is 6.07 Å². The Balaban J connectivity index is 0.0000106. The van der Waals surface area contributed by atoms with Crippen molar-refractivity contribution in [3.8, 4) is 23.0 Å². The fourth-order valence-electron chi connectivity index (χ4n) is 5.02. The fraction of sp³-hybridized carbons (Fsp3) is 0.241. The van der Waals surface area contributed by atoms with Crippen molar-refractivity contribution in [1.29, 1.82) is 0 Å². The number of nitrogens with two attached hydrogens (primary N) is 1. The van der Waals surface area contributed by atoms with E-state index in [-0.39, 0.29) is 170 Å². The van der Waals surface area contributed by atoms with Crippen LogP contribution in [0.4, 0.5) is 28.4 Å². The number of ether oxygens (including phenoxy) is 3. The summed E-state index contributed by atoms with van der Waals surface area (Å²) in [7, 11) is -15.9. The summed E-state index contributed by atoms with van der Waals surface area (Å²) in [5.41, 5.74) is 4.02. The Hall–Kier alpha value is -0.560. The van der Waals surface area contributed by atoms with Crippen molar-refractivity contribution in [2.45, 2.75) is 19.6 Å². The molecule has 3 N–H and O–H groups in total. The van der Waals surface area contributed by atoms with Crippen LogP contribution in [0, 0.1) is 0 Å². The van der Waals surface area contributed by atoms with E-state index >= 15 is 0 Å². The van der Waals surface area contributed by atoms with Gasteiger partial charge in [-0.05, 0) is 30.3 Å². The predicted octanol–water partition coefficient (Wildman–Crippen LogP) is -10.0. The number of nitrogens with zero attached hydrogens (tertiary/aromatic N) is 4. The van der Waals surface area contributed by atoms with E-state index in [4.69, 9.17) is 24.1 Å². The molecule has 4 rings (SSSR count). The van der Waals surface area contributed by atoms with Crippen molar-refractivity contribution in [2.24, 2.45) is 20.5 Å². The number of phenolic OH excluding ortho intramolecular Hbond substituents is 1. The molecule has 0 aliphatic carbocycles. The number of hydrogen-bond acceptors (Lipinski definition) is 29. The van der Waals surface area contributed by atoms with E-state index < -0.39 is 119 Å². The zero-order chi connectivity index (χ0) is 46.0. The largest absolute Gasteiger partial charge is 1.00 e. The molecule has 4 aromatic carbocycles. The van der Waals surface area contributed by atoms with Gasteiger partial charge in [0.15, 0.2) is 37.7 Å². The SMILES string of the molecule is COc1cc(S(=O)(=O)CCOS(=O)(=O)[O-])c(OC)cc1N=Nc1cc(S(=O)(=O)[O-])c2cc(SOO[O-])c(N=Nc3cc(S(=O)(=O)CCOSOO[O-])ccc3OC)c(O)c2c1N.[Na+].[Na+].[Na+].[Na+]. The third-order valence-corrected chi connectivity index (χ3v) is 13.4. The summed E-state index contributed by atoms with van der Waals surface area (Å²) in [4.78, 5) is -2.36. The number of benzene rings is 4. The Kier molecular flexibility index (Phi) is 28.8. The van der Waals surface area contributed by atoms with Crippen molar-refractivity contribution < 1.29 is 218 Å². The number of methoxy groups -OCH3 is 3. The van der Waals surface area contributed by atoms with Gasteiger partial charge in [0.2, 0.25) is 10.4 Å². The molecular weight excluding hydrogens is 1050 g/mol. The number of rotatable bonds is 23. The van der Waals surface area contributed by atoms with Gasteiger partial charge in [-0.15, -0.1) is 24.8 Å². The third-order valence-electron chi connectivity index (χ3n) is 7.69. The molecule has 340 valence electrons. The zero-order valence-corrected chi connectivity index (χ0v) is 48.1. The van der Waals surface area contributed by atoms with Crippen molar-refractivity contribution in [2.75, 3.05) is 51.8 Å². The first-order valence-electron chi connectivity index (χ1n) is 15.9. The van der Waals surface area contributed by atoms with Gasteiger partial charge in [-0.2, -0.15) is 4.33 Å². The molecular formula is C29H27N5Na4O22S6. The number of azo groups is 2. The Morgan fingerprint density at radius 1 is 0.667 bits per heavy atom. The van der Waals surface area contributed by atoms with Crippen LogP contribution in [0.2, 0.25) is 0 Å². The molecule has 0 saturated carbocycles. The van der Waals surface area contributed by atoms with Gasteiger partial charge in [0.25, 0.3) is 0 Å². The summed E-state index contributed by atoms with van der Waals surface area (Å²) >= 11 is 0.155. The maximum Gasteiger partial charge on any atom is 1.00 e. The average molecular weight is 1080 g/mol. The molecule has 0 saturated heterocycles. The molecule has 0 aliphatic heterocycles. The molecule has 37 heteroatoms. The van der Waals surface area contributed by atoms with E-state index in [1.807, 2.05) is 0 Å². The third kappa shape index (κ3) is 17.6. The molecule has 0 fully saturated rings. The van der Waals surface area contributed by atoms with E-state index in [1.165, 1.54) is 13.2 Å². The summed E-state index contributed by atoms with van der Waals surface area (Å²) in [6.45, 7) is -1.50. The van der Waals surface area contributed by atoms with Gasteiger partial charge in [0.05, 0.1) is 83.9 Å². The fourth-order valence-corrected chi connectivity index (χ4v) is 9.26. The minimum Gasteiger partial charge on any atom is -0.744 e. The molecule has 0 bridgehead atoms. The Morgan fingerprint density at radius 2 is 1.24 bits per heavy atom. The van der Waals surface area contributed by atoms with Gasteiger partial charge in [-0.1, -0.05) is 0 Å². The Labute approximate surface area is 472 Å². The van der Waals surface area contributed by atoms with Crippen molar-refractivity contribution in [3.63, 3.8) is 0 Å². The van der Waals surface area contributed by atoms with Crippen LogP contribution in [-0.4, -0.2) is 93.9 Å². The molecule has 0 radical (unpaired) electrons. The standard InChI is InChI=1S/C29H31N5O22S6.4Na/c1-48-20-5-4-15(59(38,39)8-6-51-58-56-54-37)10-17(20)32-34-28-23(57-55-53-36)11-16-24(61(42,43)44)13-19(27(30)26(16)29(28)35)33-31-18-12-22(50-3)25(14-21(18)49-2)60(40,41)9-7-52-62(45,46)47;;;;/h4-5,10-14,35-37H,6-9,30H2,1-3H3,(H,42,43,44)(H,45,46,47);;;;/q;4*+1/p-4. The van der Waals surface area contributed by atoms with Crippen molar-refractivity contribution in [3.05, 3.63) is 42.5 Å². The van der Waals surface area contributed by atoms with Crippen LogP contribution in [0.15, 0.2) is 82.5 Å². The molecule has 0 atom stereocenters. The number of anilines is 1. The van der Waals surface area contributed by atoms with Crippen LogP contribution in [0.3, 0.4) is 0 Å². The van der Waals surface area contributed by atoms with Crippen LogP contribution in [0.1, 0.15) is 0 Å². The molecule has 66 heavy (non-hydrogen) atoms. The van der Waals surface area contributed by atoms with Gasteiger partial charge < -0.3 is 44.7 Å². The Morgan fingerprint density at radius 3 is 1.82 bits per heavy atom. The van der Waals surface area contributed by atoms with E-state index in [2.05, 4.69) is 43.4 Å².